The zero-order valence-corrected chi connectivity index (χ0v) is 10.7. The molecule has 2 fully saturated rings. The Labute approximate surface area is 108 Å². The van der Waals surface area contributed by atoms with Crippen molar-refractivity contribution in [3.63, 3.8) is 0 Å². The molecule has 0 bridgehead atoms. The molecule has 98 valence electrons. The van der Waals surface area contributed by atoms with Crippen LogP contribution in [0.15, 0.2) is 18.2 Å². The van der Waals surface area contributed by atoms with Crippen LogP contribution in [0.3, 0.4) is 0 Å². The van der Waals surface area contributed by atoms with E-state index in [1.165, 1.54) is 32.1 Å². The van der Waals surface area contributed by atoms with Gasteiger partial charge in [0.05, 0.1) is 5.69 Å². The van der Waals surface area contributed by atoms with Gasteiger partial charge >= 0.3 is 0 Å². The Kier molecular flexibility index (Phi) is 3.25. The second-order valence-electron chi connectivity index (χ2n) is 5.55. The van der Waals surface area contributed by atoms with Crippen molar-refractivity contribution < 1.29 is 4.39 Å². The highest BCUT2D eigenvalue weighted by atomic mass is 19.1. The third-order valence-corrected chi connectivity index (χ3v) is 4.57. The van der Waals surface area contributed by atoms with Crippen molar-refractivity contribution >= 4 is 5.69 Å². The molecule has 2 atom stereocenters. The molecular formula is C15H21FN2. The van der Waals surface area contributed by atoms with Gasteiger partial charge < -0.3 is 10.6 Å². The molecule has 1 aromatic carbocycles. The molecule has 2 nitrogen and oxygen atoms in total. The fraction of sp³-hybridized carbons (Fsp3) is 0.600. The summed E-state index contributed by atoms with van der Waals surface area (Å²) in [5.74, 6) is 0.662. The normalized spacial score (nSPS) is 27.3. The average molecular weight is 248 g/mol. The van der Waals surface area contributed by atoms with Crippen molar-refractivity contribution in [3.05, 3.63) is 29.6 Å². The van der Waals surface area contributed by atoms with Crippen LogP contribution >= 0.6 is 0 Å². The highest BCUT2D eigenvalue weighted by molar-refractivity contribution is 5.56. The Morgan fingerprint density at radius 3 is 2.89 bits per heavy atom. The predicted molar refractivity (Wildman–Crippen MR) is 72.0 cm³/mol. The number of hydrogen-bond acceptors (Lipinski definition) is 2. The molecule has 0 spiro atoms. The van der Waals surface area contributed by atoms with Crippen LogP contribution < -0.4 is 10.6 Å². The number of anilines is 1. The number of nitrogens with two attached hydrogens (primary N) is 1. The Morgan fingerprint density at radius 2 is 2.06 bits per heavy atom. The van der Waals surface area contributed by atoms with E-state index in [0.717, 1.165) is 23.7 Å². The van der Waals surface area contributed by atoms with E-state index in [-0.39, 0.29) is 5.82 Å². The number of para-hydroxylation sites is 1. The minimum absolute atomic E-state index is 0.106. The monoisotopic (exact) mass is 248 g/mol. The Bertz CT molecular complexity index is 433. The third-order valence-electron chi connectivity index (χ3n) is 4.57. The van der Waals surface area contributed by atoms with Gasteiger partial charge in [0.2, 0.25) is 0 Å². The molecule has 2 unspecified atom stereocenters. The molecular weight excluding hydrogens is 227 g/mol. The zero-order valence-electron chi connectivity index (χ0n) is 10.7. The van der Waals surface area contributed by atoms with E-state index in [1.54, 1.807) is 12.1 Å². The first-order valence-corrected chi connectivity index (χ1v) is 7.05. The van der Waals surface area contributed by atoms with Gasteiger partial charge in [0.1, 0.15) is 5.82 Å². The van der Waals surface area contributed by atoms with Gasteiger partial charge in [-0.1, -0.05) is 18.6 Å². The molecule has 0 amide bonds. The molecule has 0 radical (unpaired) electrons. The number of rotatable bonds is 2. The molecule has 1 saturated carbocycles. The lowest BCUT2D eigenvalue weighted by atomic mass is 9.91. The third kappa shape index (κ3) is 1.91. The molecule has 1 saturated heterocycles. The predicted octanol–water partition coefficient (Wildman–Crippen LogP) is 3.05. The summed E-state index contributed by atoms with van der Waals surface area (Å²) in [4.78, 5) is 2.30. The van der Waals surface area contributed by atoms with Crippen LogP contribution in [0.4, 0.5) is 10.1 Å². The Morgan fingerprint density at radius 1 is 1.22 bits per heavy atom. The van der Waals surface area contributed by atoms with Gasteiger partial charge in [0.25, 0.3) is 0 Å². The first-order chi connectivity index (χ1) is 8.81. The lowest BCUT2D eigenvalue weighted by Crippen LogP contribution is -2.43. The minimum Gasteiger partial charge on any atom is -0.366 e. The lowest BCUT2D eigenvalue weighted by Gasteiger charge is -2.40. The summed E-state index contributed by atoms with van der Waals surface area (Å²) in [5.41, 5.74) is 7.49. The van der Waals surface area contributed by atoms with Crippen LogP contribution in [0.1, 0.15) is 37.7 Å². The summed E-state index contributed by atoms with van der Waals surface area (Å²) >= 11 is 0. The van der Waals surface area contributed by atoms with Gasteiger partial charge in [-0.05, 0) is 43.2 Å². The fourth-order valence-electron chi connectivity index (χ4n) is 3.78. The van der Waals surface area contributed by atoms with E-state index in [9.17, 15) is 4.39 Å². The molecule has 1 aliphatic heterocycles. The Hall–Kier alpha value is -1.09. The van der Waals surface area contributed by atoms with Gasteiger partial charge in [0.15, 0.2) is 0 Å². The maximum atomic E-state index is 14.2. The molecule has 2 aliphatic rings. The molecule has 18 heavy (non-hydrogen) atoms. The topological polar surface area (TPSA) is 29.3 Å². The van der Waals surface area contributed by atoms with E-state index >= 15 is 0 Å². The van der Waals surface area contributed by atoms with Gasteiger partial charge in [-0.3, -0.25) is 0 Å². The number of nitrogens with zero attached hydrogens (tertiary/aromatic N) is 1. The van der Waals surface area contributed by atoms with Gasteiger partial charge in [-0.15, -0.1) is 0 Å². The summed E-state index contributed by atoms with van der Waals surface area (Å²) < 4.78 is 14.2. The minimum atomic E-state index is -0.106. The molecule has 1 heterocycles. The fourth-order valence-corrected chi connectivity index (χ4v) is 3.78. The summed E-state index contributed by atoms with van der Waals surface area (Å²) in [6, 6.07) is 5.82. The second kappa shape index (κ2) is 4.88. The van der Waals surface area contributed by atoms with E-state index in [0.29, 0.717) is 12.6 Å². The van der Waals surface area contributed by atoms with Crippen LogP contribution in [0.5, 0.6) is 0 Å². The number of piperidine rings is 1. The molecule has 3 rings (SSSR count). The zero-order chi connectivity index (χ0) is 12.5. The first kappa shape index (κ1) is 12.0. The maximum absolute atomic E-state index is 14.2. The maximum Gasteiger partial charge on any atom is 0.146 e. The first-order valence-electron chi connectivity index (χ1n) is 7.05. The molecule has 1 aliphatic carbocycles. The Balaban J connectivity index is 1.98. The SMILES string of the molecule is NCc1cccc(F)c1N1CCCC2CCCC21. The lowest BCUT2D eigenvalue weighted by molar-refractivity contribution is 0.359. The number of benzene rings is 1. The summed E-state index contributed by atoms with van der Waals surface area (Å²) in [5, 5.41) is 0. The number of fused-ring (bicyclic) bond motifs is 1. The van der Waals surface area contributed by atoms with Crippen molar-refractivity contribution in [2.24, 2.45) is 11.7 Å². The van der Waals surface area contributed by atoms with E-state index in [2.05, 4.69) is 4.90 Å². The van der Waals surface area contributed by atoms with Crippen LogP contribution in [0.2, 0.25) is 0 Å². The molecule has 1 aromatic rings. The summed E-state index contributed by atoms with van der Waals surface area (Å²) in [6.07, 6.45) is 6.31. The van der Waals surface area contributed by atoms with Crippen molar-refractivity contribution in [1.29, 1.82) is 0 Å². The van der Waals surface area contributed by atoms with Crippen LogP contribution in [-0.4, -0.2) is 12.6 Å². The van der Waals surface area contributed by atoms with Crippen LogP contribution in [-0.2, 0) is 6.54 Å². The van der Waals surface area contributed by atoms with Crippen molar-refractivity contribution in [2.45, 2.75) is 44.7 Å². The molecule has 2 N–H and O–H groups in total. The van der Waals surface area contributed by atoms with Crippen LogP contribution in [0.25, 0.3) is 0 Å². The quantitative estimate of drug-likeness (QED) is 0.871. The van der Waals surface area contributed by atoms with Crippen molar-refractivity contribution in [3.8, 4) is 0 Å². The number of halogens is 1. The summed E-state index contributed by atoms with van der Waals surface area (Å²) in [7, 11) is 0. The van der Waals surface area contributed by atoms with Crippen LogP contribution in [0, 0.1) is 11.7 Å². The smallest absolute Gasteiger partial charge is 0.146 e. The number of hydrogen-bond donors (Lipinski definition) is 1. The highest BCUT2D eigenvalue weighted by Crippen LogP contribution is 2.40. The van der Waals surface area contributed by atoms with Crippen molar-refractivity contribution in [2.75, 3.05) is 11.4 Å². The molecule has 3 heteroatoms. The van der Waals surface area contributed by atoms with E-state index in [4.69, 9.17) is 5.73 Å². The second-order valence-corrected chi connectivity index (χ2v) is 5.55. The largest absolute Gasteiger partial charge is 0.366 e. The average Bonchev–Trinajstić information content (AvgIpc) is 2.86. The molecule has 0 aromatic heterocycles. The van der Waals surface area contributed by atoms with Gasteiger partial charge in [-0.2, -0.15) is 0 Å². The van der Waals surface area contributed by atoms with E-state index < -0.39 is 0 Å². The standard InChI is InChI=1S/C15H21FN2/c16-13-7-1-5-12(10-17)15(13)18-9-3-6-11-4-2-8-14(11)18/h1,5,7,11,14H,2-4,6,8-10,17H2. The van der Waals surface area contributed by atoms with Crippen molar-refractivity contribution in [1.82, 2.24) is 0 Å². The van der Waals surface area contributed by atoms with Gasteiger partial charge in [0, 0.05) is 19.1 Å². The van der Waals surface area contributed by atoms with Gasteiger partial charge in [-0.25, -0.2) is 4.39 Å². The summed E-state index contributed by atoms with van der Waals surface area (Å²) in [6.45, 7) is 1.40. The van der Waals surface area contributed by atoms with E-state index in [1.807, 2.05) is 6.07 Å². The highest BCUT2D eigenvalue weighted by Gasteiger charge is 2.36.